The van der Waals surface area contributed by atoms with Gasteiger partial charge in [-0.3, -0.25) is 4.79 Å². The lowest BCUT2D eigenvalue weighted by atomic mass is 9.86. The lowest BCUT2D eigenvalue weighted by Gasteiger charge is -2.38. The van der Waals surface area contributed by atoms with E-state index in [0.717, 1.165) is 25.1 Å². The lowest BCUT2D eigenvalue weighted by molar-refractivity contribution is -0.134. The molecule has 1 amide bonds. The van der Waals surface area contributed by atoms with E-state index >= 15 is 0 Å². The van der Waals surface area contributed by atoms with E-state index in [1.807, 2.05) is 0 Å². The highest BCUT2D eigenvalue weighted by atomic mass is 16.2. The molecule has 1 atom stereocenters. The van der Waals surface area contributed by atoms with Gasteiger partial charge in [-0.25, -0.2) is 0 Å². The van der Waals surface area contributed by atoms with Gasteiger partial charge in [-0.05, 0) is 61.7 Å². The third-order valence-corrected chi connectivity index (χ3v) is 5.79. The largest absolute Gasteiger partial charge is 0.338 e. The number of hydrogen-bond donors (Lipinski definition) is 0. The number of benzene rings is 1. The SMILES string of the molecule is CC(C)(C)c1ccc(CC(=O)N2CCCCC2CN2CCCC2)cc1. The van der Waals surface area contributed by atoms with Crippen LogP contribution in [-0.4, -0.2) is 47.9 Å². The van der Waals surface area contributed by atoms with Crippen molar-refractivity contribution in [2.24, 2.45) is 0 Å². The molecule has 138 valence electrons. The van der Waals surface area contributed by atoms with Crippen LogP contribution in [0.5, 0.6) is 0 Å². The summed E-state index contributed by atoms with van der Waals surface area (Å²) in [6, 6.07) is 9.06. The van der Waals surface area contributed by atoms with Crippen LogP contribution in [0.1, 0.15) is 64.0 Å². The molecule has 3 rings (SSSR count). The Morgan fingerprint density at radius 1 is 1.00 bits per heavy atom. The average Bonchev–Trinajstić information content (AvgIpc) is 3.08. The number of piperidine rings is 1. The van der Waals surface area contributed by atoms with Crippen LogP contribution in [0.4, 0.5) is 0 Å². The average molecular weight is 343 g/mol. The number of amides is 1. The molecule has 2 fully saturated rings. The van der Waals surface area contributed by atoms with Gasteiger partial charge >= 0.3 is 0 Å². The van der Waals surface area contributed by atoms with Crippen LogP contribution in [-0.2, 0) is 16.6 Å². The molecule has 0 radical (unpaired) electrons. The summed E-state index contributed by atoms with van der Waals surface area (Å²) in [5.74, 6) is 0.312. The van der Waals surface area contributed by atoms with Crippen LogP contribution in [0, 0.1) is 0 Å². The Labute approximate surface area is 153 Å². The summed E-state index contributed by atoms with van der Waals surface area (Å²) in [5, 5.41) is 0. The summed E-state index contributed by atoms with van der Waals surface area (Å²) in [6.07, 6.45) is 6.78. The molecule has 0 spiro atoms. The molecule has 2 saturated heterocycles. The maximum Gasteiger partial charge on any atom is 0.227 e. The van der Waals surface area contributed by atoms with Crippen LogP contribution in [0.2, 0.25) is 0 Å². The number of carbonyl (C=O) groups is 1. The second-order valence-electron chi connectivity index (χ2n) is 8.87. The fourth-order valence-corrected chi connectivity index (χ4v) is 4.18. The van der Waals surface area contributed by atoms with Crippen LogP contribution in [0.3, 0.4) is 0 Å². The van der Waals surface area contributed by atoms with Crippen molar-refractivity contribution < 1.29 is 4.79 Å². The predicted octanol–water partition coefficient (Wildman–Crippen LogP) is 4.00. The minimum atomic E-state index is 0.163. The Balaban J connectivity index is 1.61. The van der Waals surface area contributed by atoms with Gasteiger partial charge in [0.25, 0.3) is 0 Å². The minimum absolute atomic E-state index is 0.163. The quantitative estimate of drug-likeness (QED) is 0.825. The molecule has 0 aliphatic carbocycles. The Morgan fingerprint density at radius 3 is 2.28 bits per heavy atom. The first kappa shape index (κ1) is 18.4. The predicted molar refractivity (Wildman–Crippen MR) is 104 cm³/mol. The van der Waals surface area contributed by atoms with Gasteiger partial charge in [-0.15, -0.1) is 0 Å². The normalized spacial score (nSPS) is 22.4. The highest BCUT2D eigenvalue weighted by Crippen LogP contribution is 2.24. The molecule has 0 aromatic heterocycles. The second kappa shape index (κ2) is 7.90. The smallest absolute Gasteiger partial charge is 0.227 e. The molecule has 1 aromatic carbocycles. The fraction of sp³-hybridized carbons (Fsp3) is 0.682. The molecule has 3 nitrogen and oxygen atoms in total. The molecule has 0 saturated carbocycles. The highest BCUT2D eigenvalue weighted by Gasteiger charge is 2.29. The topological polar surface area (TPSA) is 23.6 Å². The number of hydrogen-bond acceptors (Lipinski definition) is 2. The Morgan fingerprint density at radius 2 is 1.64 bits per heavy atom. The van der Waals surface area contributed by atoms with E-state index in [-0.39, 0.29) is 5.41 Å². The van der Waals surface area contributed by atoms with E-state index in [9.17, 15) is 4.79 Å². The summed E-state index contributed by atoms with van der Waals surface area (Å²) in [5.41, 5.74) is 2.63. The molecule has 0 bridgehead atoms. The number of likely N-dealkylation sites (tertiary alicyclic amines) is 2. The molecule has 2 aliphatic heterocycles. The lowest BCUT2D eigenvalue weighted by Crippen LogP contribution is -2.49. The number of rotatable bonds is 4. The van der Waals surface area contributed by atoms with E-state index in [4.69, 9.17) is 0 Å². The van der Waals surface area contributed by atoms with Gasteiger partial charge in [0.15, 0.2) is 0 Å². The van der Waals surface area contributed by atoms with Gasteiger partial charge in [0.05, 0.1) is 6.42 Å². The van der Waals surface area contributed by atoms with E-state index in [2.05, 4.69) is 54.8 Å². The first-order valence-corrected chi connectivity index (χ1v) is 10.0. The second-order valence-corrected chi connectivity index (χ2v) is 8.87. The van der Waals surface area contributed by atoms with Crippen molar-refractivity contribution in [1.82, 2.24) is 9.80 Å². The molecule has 0 N–H and O–H groups in total. The van der Waals surface area contributed by atoms with Gasteiger partial charge < -0.3 is 9.80 Å². The summed E-state index contributed by atoms with van der Waals surface area (Å²) in [7, 11) is 0. The zero-order valence-corrected chi connectivity index (χ0v) is 16.3. The molecule has 1 unspecified atom stereocenters. The molecule has 25 heavy (non-hydrogen) atoms. The van der Waals surface area contributed by atoms with Crippen LogP contribution >= 0.6 is 0 Å². The van der Waals surface area contributed by atoms with Crippen molar-refractivity contribution in [3.63, 3.8) is 0 Å². The maximum atomic E-state index is 12.9. The molecule has 2 aliphatic rings. The molecule has 2 heterocycles. The zero-order chi connectivity index (χ0) is 17.9. The van der Waals surface area contributed by atoms with Crippen LogP contribution in [0.15, 0.2) is 24.3 Å². The minimum Gasteiger partial charge on any atom is -0.338 e. The number of carbonyl (C=O) groups excluding carboxylic acids is 1. The van der Waals surface area contributed by atoms with Gasteiger partial charge in [-0.1, -0.05) is 45.0 Å². The first-order chi connectivity index (χ1) is 11.9. The maximum absolute atomic E-state index is 12.9. The number of nitrogens with zero attached hydrogens (tertiary/aromatic N) is 2. The first-order valence-electron chi connectivity index (χ1n) is 10.0. The van der Waals surface area contributed by atoms with E-state index < -0.39 is 0 Å². The van der Waals surface area contributed by atoms with Crippen molar-refractivity contribution >= 4 is 5.91 Å². The molecule has 3 heteroatoms. The van der Waals surface area contributed by atoms with Gasteiger partial charge in [0, 0.05) is 19.1 Å². The van der Waals surface area contributed by atoms with Gasteiger partial charge in [0.1, 0.15) is 0 Å². The van der Waals surface area contributed by atoms with Crippen LogP contribution < -0.4 is 0 Å². The van der Waals surface area contributed by atoms with E-state index in [1.165, 1.54) is 44.3 Å². The third-order valence-electron chi connectivity index (χ3n) is 5.79. The molecular weight excluding hydrogens is 308 g/mol. The van der Waals surface area contributed by atoms with Gasteiger partial charge in [0.2, 0.25) is 5.91 Å². The molecular formula is C22H34N2O. The van der Waals surface area contributed by atoms with Crippen LogP contribution in [0.25, 0.3) is 0 Å². The summed E-state index contributed by atoms with van der Waals surface area (Å²) < 4.78 is 0. The Hall–Kier alpha value is -1.35. The van der Waals surface area contributed by atoms with Crippen molar-refractivity contribution in [2.45, 2.75) is 70.8 Å². The third kappa shape index (κ3) is 4.84. The van der Waals surface area contributed by atoms with E-state index in [1.54, 1.807) is 0 Å². The summed E-state index contributed by atoms with van der Waals surface area (Å²) in [4.78, 5) is 17.7. The van der Waals surface area contributed by atoms with E-state index in [0.29, 0.717) is 18.4 Å². The molecule has 1 aromatic rings. The standard InChI is InChI=1S/C22H34N2O/c1-22(2,3)19-11-9-18(10-12-19)16-21(25)24-15-5-4-8-20(24)17-23-13-6-7-14-23/h9-12,20H,4-8,13-17H2,1-3H3. The van der Waals surface area contributed by atoms with Crippen molar-refractivity contribution in [3.8, 4) is 0 Å². The monoisotopic (exact) mass is 342 g/mol. The zero-order valence-electron chi connectivity index (χ0n) is 16.3. The highest BCUT2D eigenvalue weighted by molar-refractivity contribution is 5.79. The fourth-order valence-electron chi connectivity index (χ4n) is 4.18. The summed E-state index contributed by atoms with van der Waals surface area (Å²) in [6.45, 7) is 11.1. The van der Waals surface area contributed by atoms with Crippen molar-refractivity contribution in [1.29, 1.82) is 0 Å². The summed E-state index contributed by atoms with van der Waals surface area (Å²) >= 11 is 0. The van der Waals surface area contributed by atoms with Crippen molar-refractivity contribution in [2.75, 3.05) is 26.2 Å². The van der Waals surface area contributed by atoms with Crippen molar-refractivity contribution in [3.05, 3.63) is 35.4 Å². The Bertz CT molecular complexity index is 567. The Kier molecular flexibility index (Phi) is 5.83. The van der Waals surface area contributed by atoms with Gasteiger partial charge in [-0.2, -0.15) is 0 Å².